The Balaban J connectivity index is 1.61. The van der Waals surface area contributed by atoms with Gasteiger partial charge in [-0.25, -0.2) is 0 Å². The van der Waals surface area contributed by atoms with Gasteiger partial charge in [0.2, 0.25) is 0 Å². The first-order valence-corrected chi connectivity index (χ1v) is 8.46. The van der Waals surface area contributed by atoms with E-state index in [0.717, 1.165) is 18.1 Å². The highest BCUT2D eigenvalue weighted by Gasteiger charge is 2.28. The maximum absolute atomic E-state index is 3.62. The predicted octanol–water partition coefficient (Wildman–Crippen LogP) is 2.32. The number of hydrogen-bond donors (Lipinski definition) is 1. The molecule has 2 atom stereocenters. The molecule has 19 heavy (non-hydrogen) atoms. The van der Waals surface area contributed by atoms with E-state index in [1.807, 2.05) is 0 Å². The maximum atomic E-state index is 3.62. The van der Waals surface area contributed by atoms with Gasteiger partial charge in [-0.15, -0.1) is 0 Å². The van der Waals surface area contributed by atoms with Crippen molar-refractivity contribution in [3.63, 3.8) is 0 Å². The zero-order chi connectivity index (χ0) is 13.7. The second-order valence-electron chi connectivity index (χ2n) is 6.38. The molecular weight excluding hydrogens is 234 g/mol. The molecule has 0 amide bonds. The van der Waals surface area contributed by atoms with E-state index in [4.69, 9.17) is 0 Å². The average molecular weight is 267 g/mol. The summed E-state index contributed by atoms with van der Waals surface area (Å²) in [6, 6.07) is 2.44. The Morgan fingerprint density at radius 3 is 2.58 bits per heavy atom. The van der Waals surface area contributed by atoms with Crippen LogP contribution in [0, 0.1) is 0 Å². The topological polar surface area (TPSA) is 18.5 Å². The Morgan fingerprint density at radius 1 is 1.21 bits per heavy atom. The lowest BCUT2D eigenvalue weighted by Crippen LogP contribution is -2.39. The zero-order valence-corrected chi connectivity index (χ0v) is 13.2. The summed E-state index contributed by atoms with van der Waals surface area (Å²) in [5.41, 5.74) is 0. The van der Waals surface area contributed by atoms with Crippen molar-refractivity contribution in [3.8, 4) is 0 Å². The van der Waals surface area contributed by atoms with E-state index in [-0.39, 0.29) is 0 Å². The third-order valence-electron chi connectivity index (χ3n) is 4.96. The third-order valence-corrected chi connectivity index (χ3v) is 4.96. The molecule has 112 valence electrons. The van der Waals surface area contributed by atoms with Gasteiger partial charge < -0.3 is 5.32 Å². The average Bonchev–Trinajstić information content (AvgIpc) is 3.12. The van der Waals surface area contributed by atoms with E-state index in [9.17, 15) is 0 Å². The SMILES string of the molecule is CCN(CC)C1CCN(C(C)CCCNC2CC2)C1. The van der Waals surface area contributed by atoms with E-state index in [2.05, 4.69) is 35.9 Å². The van der Waals surface area contributed by atoms with Crippen LogP contribution in [0.4, 0.5) is 0 Å². The summed E-state index contributed by atoms with van der Waals surface area (Å²) in [5.74, 6) is 0. The van der Waals surface area contributed by atoms with E-state index >= 15 is 0 Å². The molecule has 1 heterocycles. The number of likely N-dealkylation sites (N-methyl/N-ethyl adjacent to an activating group) is 1. The highest BCUT2D eigenvalue weighted by atomic mass is 15.3. The van der Waals surface area contributed by atoms with Crippen molar-refractivity contribution in [2.45, 2.75) is 71.0 Å². The molecule has 2 aliphatic rings. The fraction of sp³-hybridized carbons (Fsp3) is 1.00. The minimum absolute atomic E-state index is 0.765. The van der Waals surface area contributed by atoms with Gasteiger partial charge in [0.15, 0.2) is 0 Å². The largest absolute Gasteiger partial charge is 0.314 e. The van der Waals surface area contributed by atoms with Crippen LogP contribution in [-0.2, 0) is 0 Å². The zero-order valence-electron chi connectivity index (χ0n) is 13.2. The van der Waals surface area contributed by atoms with Crippen LogP contribution in [0.5, 0.6) is 0 Å². The highest BCUT2D eigenvalue weighted by molar-refractivity contribution is 4.85. The molecule has 3 nitrogen and oxygen atoms in total. The van der Waals surface area contributed by atoms with Gasteiger partial charge in [-0.05, 0) is 58.7 Å². The van der Waals surface area contributed by atoms with Gasteiger partial charge >= 0.3 is 0 Å². The Labute approximate surface area is 119 Å². The van der Waals surface area contributed by atoms with Crippen molar-refractivity contribution in [1.82, 2.24) is 15.1 Å². The third kappa shape index (κ3) is 4.73. The van der Waals surface area contributed by atoms with Crippen LogP contribution in [0.15, 0.2) is 0 Å². The molecule has 1 aliphatic carbocycles. The molecule has 2 rings (SSSR count). The lowest BCUT2D eigenvalue weighted by atomic mass is 10.1. The molecule has 0 aromatic carbocycles. The fourth-order valence-corrected chi connectivity index (χ4v) is 3.38. The van der Waals surface area contributed by atoms with E-state index in [0.29, 0.717) is 0 Å². The van der Waals surface area contributed by atoms with Gasteiger partial charge in [0.1, 0.15) is 0 Å². The van der Waals surface area contributed by atoms with Crippen LogP contribution in [-0.4, -0.2) is 60.6 Å². The summed E-state index contributed by atoms with van der Waals surface area (Å²) in [6.07, 6.45) is 6.88. The van der Waals surface area contributed by atoms with Crippen LogP contribution in [0.3, 0.4) is 0 Å². The van der Waals surface area contributed by atoms with Gasteiger partial charge in [-0.2, -0.15) is 0 Å². The molecule has 3 heteroatoms. The van der Waals surface area contributed by atoms with Crippen LogP contribution in [0.1, 0.15) is 52.9 Å². The summed E-state index contributed by atoms with van der Waals surface area (Å²) in [5, 5.41) is 3.62. The molecule has 0 bridgehead atoms. The summed E-state index contributed by atoms with van der Waals surface area (Å²) in [6.45, 7) is 13.2. The van der Waals surface area contributed by atoms with Gasteiger partial charge in [-0.1, -0.05) is 13.8 Å². The Kier molecular flexibility index (Phi) is 6.11. The maximum Gasteiger partial charge on any atom is 0.0235 e. The number of nitrogens with zero attached hydrogens (tertiary/aromatic N) is 2. The lowest BCUT2D eigenvalue weighted by Gasteiger charge is -2.28. The normalized spacial score (nSPS) is 26.2. The molecule has 2 fully saturated rings. The molecule has 0 aromatic heterocycles. The van der Waals surface area contributed by atoms with Crippen molar-refractivity contribution >= 4 is 0 Å². The van der Waals surface area contributed by atoms with Gasteiger partial charge in [-0.3, -0.25) is 9.80 Å². The van der Waals surface area contributed by atoms with Crippen molar-refractivity contribution in [1.29, 1.82) is 0 Å². The smallest absolute Gasteiger partial charge is 0.0235 e. The van der Waals surface area contributed by atoms with E-state index in [1.54, 1.807) is 0 Å². The van der Waals surface area contributed by atoms with Gasteiger partial charge in [0, 0.05) is 31.2 Å². The number of likely N-dealkylation sites (tertiary alicyclic amines) is 1. The monoisotopic (exact) mass is 267 g/mol. The number of hydrogen-bond acceptors (Lipinski definition) is 3. The summed E-state index contributed by atoms with van der Waals surface area (Å²) < 4.78 is 0. The summed E-state index contributed by atoms with van der Waals surface area (Å²) in [4.78, 5) is 5.33. The molecule has 0 radical (unpaired) electrons. The summed E-state index contributed by atoms with van der Waals surface area (Å²) in [7, 11) is 0. The van der Waals surface area contributed by atoms with Gasteiger partial charge in [0.25, 0.3) is 0 Å². The number of rotatable bonds is 9. The minimum atomic E-state index is 0.765. The van der Waals surface area contributed by atoms with Crippen molar-refractivity contribution in [2.75, 3.05) is 32.7 Å². The van der Waals surface area contributed by atoms with Gasteiger partial charge in [0.05, 0.1) is 0 Å². The quantitative estimate of drug-likeness (QED) is 0.647. The van der Waals surface area contributed by atoms with Crippen LogP contribution < -0.4 is 5.32 Å². The van der Waals surface area contributed by atoms with Crippen molar-refractivity contribution in [2.24, 2.45) is 0 Å². The Bertz CT molecular complexity index is 248. The van der Waals surface area contributed by atoms with E-state index < -0.39 is 0 Å². The molecule has 2 unspecified atom stereocenters. The van der Waals surface area contributed by atoms with Crippen LogP contribution >= 0.6 is 0 Å². The molecule has 1 N–H and O–H groups in total. The predicted molar refractivity (Wildman–Crippen MR) is 82.6 cm³/mol. The summed E-state index contributed by atoms with van der Waals surface area (Å²) >= 11 is 0. The molecule has 1 saturated heterocycles. The van der Waals surface area contributed by atoms with E-state index in [1.165, 1.54) is 64.8 Å². The second kappa shape index (κ2) is 7.61. The van der Waals surface area contributed by atoms with Crippen molar-refractivity contribution < 1.29 is 0 Å². The molecule has 0 aromatic rings. The first-order valence-electron chi connectivity index (χ1n) is 8.46. The molecule has 1 aliphatic heterocycles. The Hall–Kier alpha value is -0.120. The first kappa shape index (κ1) is 15.3. The lowest BCUT2D eigenvalue weighted by molar-refractivity contribution is 0.187. The Morgan fingerprint density at radius 2 is 1.95 bits per heavy atom. The molecular formula is C16H33N3. The second-order valence-corrected chi connectivity index (χ2v) is 6.38. The van der Waals surface area contributed by atoms with Crippen molar-refractivity contribution in [3.05, 3.63) is 0 Å². The van der Waals surface area contributed by atoms with Crippen LogP contribution in [0.25, 0.3) is 0 Å². The minimum Gasteiger partial charge on any atom is -0.314 e. The number of nitrogens with one attached hydrogen (secondary N) is 1. The first-order chi connectivity index (χ1) is 9.24. The molecule has 1 saturated carbocycles. The highest BCUT2D eigenvalue weighted by Crippen LogP contribution is 2.21. The van der Waals surface area contributed by atoms with Crippen LogP contribution in [0.2, 0.25) is 0 Å². The standard InChI is InChI=1S/C16H33N3/c1-4-18(5-2)16-10-12-19(13-16)14(3)7-6-11-17-15-8-9-15/h14-17H,4-13H2,1-3H3. The molecule has 0 spiro atoms. The fourth-order valence-electron chi connectivity index (χ4n) is 3.38.